The van der Waals surface area contributed by atoms with E-state index in [1.165, 1.54) is 18.2 Å². The van der Waals surface area contributed by atoms with E-state index in [0.29, 0.717) is 6.42 Å². The fourth-order valence-corrected chi connectivity index (χ4v) is 3.83. The number of fused-ring (bicyclic) bond motifs is 3. The van der Waals surface area contributed by atoms with Crippen LogP contribution in [0.2, 0.25) is 0 Å². The minimum Gasteiger partial charge on any atom is -0.493 e. The maximum absolute atomic E-state index is 15.0. The van der Waals surface area contributed by atoms with E-state index in [-0.39, 0.29) is 40.6 Å². The van der Waals surface area contributed by atoms with Gasteiger partial charge in [0.2, 0.25) is 5.82 Å². The monoisotopic (exact) mass is 410 g/mol. The van der Waals surface area contributed by atoms with Crippen molar-refractivity contribution in [3.8, 4) is 11.5 Å². The topological polar surface area (TPSA) is 31.6 Å². The van der Waals surface area contributed by atoms with Gasteiger partial charge in [-0.3, -0.25) is 0 Å². The largest absolute Gasteiger partial charge is 0.493 e. The molecule has 0 saturated heterocycles. The van der Waals surface area contributed by atoms with E-state index in [1.54, 1.807) is 6.07 Å². The first-order valence-electron chi connectivity index (χ1n) is 9.94. The fraction of sp³-hybridized carbons (Fsp3) is 0.455. The minimum absolute atomic E-state index is 0.0106. The summed E-state index contributed by atoms with van der Waals surface area (Å²) < 4.78 is 72.9. The van der Waals surface area contributed by atoms with Crippen molar-refractivity contribution in [1.82, 2.24) is 0 Å². The van der Waals surface area contributed by atoms with Crippen molar-refractivity contribution in [2.45, 2.75) is 57.7 Å². The number of hydrogen-bond acceptors (Lipinski definition) is 3. The molecule has 1 aromatic heterocycles. The highest BCUT2D eigenvalue weighted by atomic mass is 19.4. The molecule has 4 rings (SSSR count). The zero-order chi connectivity index (χ0) is 20.6. The molecular formula is C22H22F4O3. The molecule has 3 aromatic rings. The van der Waals surface area contributed by atoms with E-state index in [1.807, 2.05) is 6.92 Å². The Bertz CT molecular complexity index is 1020. The SMILES string of the molecule is CCCCOc1ccc2c(oc3c(F)c(OC4CCCC4)ccc32)c1C(F)(F)F. The van der Waals surface area contributed by atoms with Gasteiger partial charge in [-0.2, -0.15) is 17.6 Å². The molecule has 0 spiro atoms. The summed E-state index contributed by atoms with van der Waals surface area (Å²) in [5.41, 5.74) is -1.66. The average Bonchev–Trinajstić information content (AvgIpc) is 3.30. The Morgan fingerprint density at radius 3 is 2.31 bits per heavy atom. The molecule has 7 heteroatoms. The van der Waals surface area contributed by atoms with Crippen LogP contribution >= 0.6 is 0 Å². The number of rotatable bonds is 6. The fourth-order valence-electron chi connectivity index (χ4n) is 3.83. The van der Waals surface area contributed by atoms with E-state index in [0.717, 1.165) is 32.1 Å². The normalized spacial score (nSPS) is 15.5. The van der Waals surface area contributed by atoms with Crippen molar-refractivity contribution in [3.05, 3.63) is 35.6 Å². The van der Waals surface area contributed by atoms with E-state index in [9.17, 15) is 13.2 Å². The summed E-state index contributed by atoms with van der Waals surface area (Å²) in [5, 5.41) is 0.475. The van der Waals surface area contributed by atoms with Gasteiger partial charge in [0.1, 0.15) is 11.3 Å². The van der Waals surface area contributed by atoms with Gasteiger partial charge < -0.3 is 13.9 Å². The predicted molar refractivity (Wildman–Crippen MR) is 102 cm³/mol. The summed E-state index contributed by atoms with van der Waals surface area (Å²) in [6, 6.07) is 5.77. The Balaban J connectivity index is 1.83. The molecule has 1 aliphatic carbocycles. The van der Waals surface area contributed by atoms with Crippen molar-refractivity contribution in [1.29, 1.82) is 0 Å². The first-order chi connectivity index (χ1) is 13.9. The molecule has 0 amide bonds. The van der Waals surface area contributed by atoms with Gasteiger partial charge in [-0.1, -0.05) is 13.3 Å². The smallest absolute Gasteiger partial charge is 0.423 e. The van der Waals surface area contributed by atoms with Crippen LogP contribution in [-0.2, 0) is 6.18 Å². The molecule has 1 heterocycles. The number of halogens is 4. The Morgan fingerprint density at radius 1 is 1.00 bits per heavy atom. The molecule has 0 bridgehead atoms. The van der Waals surface area contributed by atoms with Crippen LogP contribution in [0.5, 0.6) is 11.5 Å². The second-order valence-electron chi connectivity index (χ2n) is 7.40. The van der Waals surface area contributed by atoms with E-state index < -0.39 is 23.1 Å². The predicted octanol–water partition coefficient (Wildman–Crippen LogP) is 7.24. The highest BCUT2D eigenvalue weighted by molar-refractivity contribution is 6.07. The molecule has 1 fully saturated rings. The zero-order valence-electron chi connectivity index (χ0n) is 16.1. The minimum atomic E-state index is -4.70. The maximum Gasteiger partial charge on any atom is 0.423 e. The highest BCUT2D eigenvalue weighted by Crippen LogP contribution is 2.45. The van der Waals surface area contributed by atoms with Crippen LogP contribution in [0.1, 0.15) is 51.0 Å². The summed E-state index contributed by atoms with van der Waals surface area (Å²) in [4.78, 5) is 0. The zero-order valence-corrected chi connectivity index (χ0v) is 16.1. The molecule has 2 aromatic carbocycles. The van der Waals surface area contributed by atoms with Crippen LogP contribution in [-0.4, -0.2) is 12.7 Å². The molecular weight excluding hydrogens is 388 g/mol. The number of benzene rings is 2. The van der Waals surface area contributed by atoms with E-state index in [4.69, 9.17) is 13.9 Å². The van der Waals surface area contributed by atoms with Crippen LogP contribution in [0.25, 0.3) is 21.9 Å². The van der Waals surface area contributed by atoms with Crippen LogP contribution in [0, 0.1) is 5.82 Å². The van der Waals surface area contributed by atoms with Gasteiger partial charge in [0, 0.05) is 10.8 Å². The number of hydrogen-bond donors (Lipinski definition) is 0. The lowest BCUT2D eigenvalue weighted by Crippen LogP contribution is -2.11. The summed E-state index contributed by atoms with van der Waals surface area (Å²) in [7, 11) is 0. The van der Waals surface area contributed by atoms with Crippen molar-refractivity contribution in [2.75, 3.05) is 6.61 Å². The third kappa shape index (κ3) is 3.74. The summed E-state index contributed by atoms with van der Waals surface area (Å²) >= 11 is 0. The van der Waals surface area contributed by atoms with Crippen LogP contribution in [0.3, 0.4) is 0 Å². The second kappa shape index (κ2) is 7.76. The average molecular weight is 410 g/mol. The maximum atomic E-state index is 15.0. The van der Waals surface area contributed by atoms with Gasteiger partial charge in [-0.25, -0.2) is 0 Å². The third-order valence-corrected chi connectivity index (χ3v) is 5.31. The Hall–Kier alpha value is -2.44. The van der Waals surface area contributed by atoms with Gasteiger partial charge in [0.15, 0.2) is 16.9 Å². The van der Waals surface area contributed by atoms with Gasteiger partial charge in [0.05, 0.1) is 12.7 Å². The van der Waals surface area contributed by atoms with Gasteiger partial charge in [-0.05, 0) is 56.4 Å². The molecule has 0 radical (unpaired) electrons. The Labute approximate surface area is 165 Å². The molecule has 0 aliphatic heterocycles. The standard InChI is InChI=1S/C22H22F4O3/c1-2-3-12-27-16-10-8-14-15-9-11-17(28-13-6-4-5-7-13)19(23)21(15)29-20(14)18(16)22(24,25)26/h8-11,13H,2-7,12H2,1H3. The molecule has 0 atom stereocenters. The molecule has 1 saturated carbocycles. The third-order valence-electron chi connectivity index (χ3n) is 5.31. The summed E-state index contributed by atoms with van der Waals surface area (Å²) in [6.45, 7) is 2.09. The first-order valence-corrected chi connectivity index (χ1v) is 9.94. The Morgan fingerprint density at radius 2 is 1.66 bits per heavy atom. The summed E-state index contributed by atoms with van der Waals surface area (Å²) in [6.07, 6.45) is 0.381. The van der Waals surface area contributed by atoms with Crippen molar-refractivity contribution in [3.63, 3.8) is 0 Å². The van der Waals surface area contributed by atoms with Crippen LogP contribution < -0.4 is 9.47 Å². The number of alkyl halides is 3. The van der Waals surface area contributed by atoms with Gasteiger partial charge >= 0.3 is 6.18 Å². The van der Waals surface area contributed by atoms with Crippen LogP contribution in [0.15, 0.2) is 28.7 Å². The molecule has 0 unspecified atom stereocenters. The van der Waals surface area contributed by atoms with Crippen LogP contribution in [0.4, 0.5) is 17.6 Å². The van der Waals surface area contributed by atoms with Crippen molar-refractivity contribution in [2.24, 2.45) is 0 Å². The second-order valence-corrected chi connectivity index (χ2v) is 7.40. The van der Waals surface area contributed by atoms with Gasteiger partial charge in [0.25, 0.3) is 0 Å². The van der Waals surface area contributed by atoms with E-state index in [2.05, 4.69) is 0 Å². The van der Waals surface area contributed by atoms with Crippen molar-refractivity contribution < 1.29 is 31.5 Å². The van der Waals surface area contributed by atoms with E-state index >= 15 is 4.39 Å². The lowest BCUT2D eigenvalue weighted by molar-refractivity contribution is -0.138. The molecule has 3 nitrogen and oxygen atoms in total. The lowest BCUT2D eigenvalue weighted by Gasteiger charge is -2.14. The molecule has 156 valence electrons. The Kier molecular flexibility index (Phi) is 5.32. The lowest BCUT2D eigenvalue weighted by atomic mass is 10.1. The first kappa shape index (κ1) is 19.9. The quantitative estimate of drug-likeness (QED) is 0.317. The summed E-state index contributed by atoms with van der Waals surface area (Å²) in [5.74, 6) is -1.07. The molecule has 29 heavy (non-hydrogen) atoms. The number of unbranched alkanes of at least 4 members (excludes halogenated alkanes) is 1. The van der Waals surface area contributed by atoms with Gasteiger partial charge in [-0.15, -0.1) is 0 Å². The number of ether oxygens (including phenoxy) is 2. The molecule has 0 N–H and O–H groups in total. The number of furan rings is 1. The highest BCUT2D eigenvalue weighted by Gasteiger charge is 2.39. The molecule has 1 aliphatic rings. The van der Waals surface area contributed by atoms with Crippen molar-refractivity contribution >= 4 is 21.9 Å².